The average Bonchev–Trinajstić information content (AvgIpc) is 2.62. The second-order valence-electron chi connectivity index (χ2n) is 5.98. The Balaban J connectivity index is 1.84. The van der Waals surface area contributed by atoms with E-state index in [1.54, 1.807) is 31.2 Å². The summed E-state index contributed by atoms with van der Waals surface area (Å²) < 4.78 is 17.9. The van der Waals surface area contributed by atoms with Crippen LogP contribution in [0.3, 0.4) is 0 Å². The van der Waals surface area contributed by atoms with Crippen LogP contribution in [0, 0.1) is 12.7 Å². The molecule has 0 saturated heterocycles. The van der Waals surface area contributed by atoms with Crippen molar-refractivity contribution in [2.75, 3.05) is 18.5 Å². The van der Waals surface area contributed by atoms with Crippen LogP contribution in [0.5, 0.6) is 0 Å². The third-order valence-corrected chi connectivity index (χ3v) is 3.78. The molecular weight excluding hydrogens is 351 g/mol. The minimum atomic E-state index is -0.698. The highest BCUT2D eigenvalue weighted by Crippen LogP contribution is 2.21. The lowest BCUT2D eigenvalue weighted by atomic mass is 10.1. The summed E-state index contributed by atoms with van der Waals surface area (Å²) in [6, 6.07) is 10.9. The molecule has 0 radical (unpaired) electrons. The van der Waals surface area contributed by atoms with Gasteiger partial charge in [0.1, 0.15) is 5.82 Å². The molecule has 2 amide bonds. The molecule has 0 saturated carbocycles. The number of rotatable bonds is 7. The van der Waals surface area contributed by atoms with Gasteiger partial charge in [0.2, 0.25) is 5.91 Å². The number of carbonyl (C=O) groups is 3. The molecule has 2 N–H and O–H groups in total. The van der Waals surface area contributed by atoms with Gasteiger partial charge in [0, 0.05) is 13.5 Å². The molecule has 0 aliphatic rings. The number of esters is 1. The third kappa shape index (κ3) is 6.22. The number of ether oxygens (including phenoxy) is 1. The highest BCUT2D eigenvalue weighted by molar-refractivity contribution is 6.02. The van der Waals surface area contributed by atoms with Crippen LogP contribution >= 0.6 is 0 Å². The number of benzene rings is 2. The smallest absolute Gasteiger partial charge is 0.340 e. The molecule has 0 aliphatic heterocycles. The monoisotopic (exact) mass is 372 g/mol. The highest BCUT2D eigenvalue weighted by Gasteiger charge is 2.16. The number of hydrogen-bond donors (Lipinski definition) is 2. The van der Waals surface area contributed by atoms with Crippen LogP contribution in [0.1, 0.15) is 28.4 Å². The maximum atomic E-state index is 12.8. The summed E-state index contributed by atoms with van der Waals surface area (Å²) in [6.07, 6.45) is 0.532. The summed E-state index contributed by atoms with van der Waals surface area (Å²) in [5.41, 5.74) is 2.15. The first-order valence-corrected chi connectivity index (χ1v) is 8.42. The molecule has 2 aromatic rings. The largest absolute Gasteiger partial charge is 0.452 e. The highest BCUT2D eigenvalue weighted by atomic mass is 19.1. The normalized spacial score (nSPS) is 10.2. The topological polar surface area (TPSA) is 84.5 Å². The van der Waals surface area contributed by atoms with Crippen LogP contribution in [-0.2, 0) is 20.7 Å². The third-order valence-electron chi connectivity index (χ3n) is 3.78. The molecule has 0 aliphatic carbocycles. The SMILES string of the molecule is CC(=O)Nc1c(C)cccc1C(=O)OCC(=O)NCCc1ccc(F)cc1. The van der Waals surface area contributed by atoms with Gasteiger partial charge in [-0.05, 0) is 42.7 Å². The van der Waals surface area contributed by atoms with E-state index < -0.39 is 18.5 Å². The second-order valence-corrected chi connectivity index (χ2v) is 5.98. The van der Waals surface area contributed by atoms with Gasteiger partial charge in [0.05, 0.1) is 11.3 Å². The molecule has 0 spiro atoms. The number of aryl methyl sites for hydroxylation is 1. The summed E-state index contributed by atoms with van der Waals surface area (Å²) >= 11 is 0. The molecule has 142 valence electrons. The van der Waals surface area contributed by atoms with Crippen LogP contribution < -0.4 is 10.6 Å². The summed E-state index contributed by atoms with van der Waals surface area (Å²) in [7, 11) is 0. The van der Waals surface area contributed by atoms with Gasteiger partial charge in [0.25, 0.3) is 5.91 Å². The van der Waals surface area contributed by atoms with Crippen molar-refractivity contribution >= 4 is 23.5 Å². The van der Waals surface area contributed by atoms with Gasteiger partial charge in [0.15, 0.2) is 6.61 Å². The maximum Gasteiger partial charge on any atom is 0.340 e. The quantitative estimate of drug-likeness (QED) is 0.732. The zero-order valence-electron chi connectivity index (χ0n) is 15.2. The van der Waals surface area contributed by atoms with E-state index in [1.807, 2.05) is 0 Å². The van der Waals surface area contributed by atoms with E-state index in [9.17, 15) is 18.8 Å². The Kier molecular flexibility index (Phi) is 7.05. The maximum absolute atomic E-state index is 12.8. The summed E-state index contributed by atoms with van der Waals surface area (Å²) in [6.45, 7) is 3.00. The van der Waals surface area contributed by atoms with Gasteiger partial charge in [-0.2, -0.15) is 0 Å². The zero-order valence-corrected chi connectivity index (χ0v) is 15.2. The zero-order chi connectivity index (χ0) is 19.8. The van der Waals surface area contributed by atoms with Crippen LogP contribution in [0.15, 0.2) is 42.5 Å². The standard InChI is InChI=1S/C20H21FN2O4/c1-13-4-3-5-17(19(13)23-14(2)24)20(26)27-12-18(25)22-11-10-15-6-8-16(21)9-7-15/h3-9H,10-12H2,1-2H3,(H,22,25)(H,23,24). The van der Waals surface area contributed by atoms with Crippen molar-refractivity contribution in [3.8, 4) is 0 Å². The number of hydrogen-bond acceptors (Lipinski definition) is 4. The molecule has 27 heavy (non-hydrogen) atoms. The van der Waals surface area contributed by atoms with E-state index >= 15 is 0 Å². The fourth-order valence-electron chi connectivity index (χ4n) is 2.44. The number of nitrogens with one attached hydrogen (secondary N) is 2. The number of amides is 2. The molecule has 0 heterocycles. The molecule has 0 atom stereocenters. The van der Waals surface area contributed by atoms with Crippen molar-refractivity contribution in [3.05, 3.63) is 65.0 Å². The van der Waals surface area contributed by atoms with E-state index in [0.29, 0.717) is 24.2 Å². The average molecular weight is 372 g/mol. The summed E-state index contributed by atoms with van der Waals surface area (Å²) in [5, 5.41) is 5.23. The van der Waals surface area contributed by atoms with Crippen LogP contribution in [-0.4, -0.2) is 30.9 Å². The fraction of sp³-hybridized carbons (Fsp3) is 0.250. The number of carbonyl (C=O) groups excluding carboxylic acids is 3. The number of anilines is 1. The van der Waals surface area contributed by atoms with Crippen molar-refractivity contribution in [1.82, 2.24) is 5.32 Å². The molecule has 2 rings (SSSR count). The summed E-state index contributed by atoms with van der Waals surface area (Å²) in [5.74, 6) is -1.77. The minimum absolute atomic E-state index is 0.185. The minimum Gasteiger partial charge on any atom is -0.452 e. The van der Waals surface area contributed by atoms with Crippen LogP contribution in [0.2, 0.25) is 0 Å². The van der Waals surface area contributed by atoms with Crippen LogP contribution in [0.4, 0.5) is 10.1 Å². The Bertz CT molecular complexity index is 834. The van der Waals surface area contributed by atoms with Crippen molar-refractivity contribution in [2.24, 2.45) is 0 Å². The molecule has 7 heteroatoms. The first-order chi connectivity index (χ1) is 12.9. The van der Waals surface area contributed by atoms with Gasteiger partial charge < -0.3 is 15.4 Å². The molecule has 0 unspecified atom stereocenters. The fourth-order valence-corrected chi connectivity index (χ4v) is 2.44. The van der Waals surface area contributed by atoms with Gasteiger partial charge >= 0.3 is 5.97 Å². The van der Waals surface area contributed by atoms with E-state index in [-0.39, 0.29) is 17.3 Å². The number of para-hydroxylation sites is 1. The van der Waals surface area contributed by atoms with Gasteiger partial charge in [-0.3, -0.25) is 9.59 Å². The van der Waals surface area contributed by atoms with Crippen molar-refractivity contribution in [1.29, 1.82) is 0 Å². The lowest BCUT2D eigenvalue weighted by Gasteiger charge is -2.12. The predicted molar refractivity (Wildman–Crippen MR) is 98.9 cm³/mol. The molecule has 0 fully saturated rings. The Morgan fingerprint density at radius 1 is 1.07 bits per heavy atom. The van der Waals surface area contributed by atoms with Gasteiger partial charge in [-0.1, -0.05) is 24.3 Å². The predicted octanol–water partition coefficient (Wildman–Crippen LogP) is 2.61. The van der Waals surface area contributed by atoms with E-state index in [0.717, 1.165) is 5.56 Å². The van der Waals surface area contributed by atoms with Crippen molar-refractivity contribution < 1.29 is 23.5 Å². The molecular formula is C20H21FN2O4. The van der Waals surface area contributed by atoms with E-state index in [4.69, 9.17) is 4.74 Å². The van der Waals surface area contributed by atoms with Gasteiger partial charge in [-0.25, -0.2) is 9.18 Å². The molecule has 0 aromatic heterocycles. The second kappa shape index (κ2) is 9.47. The molecule has 0 bridgehead atoms. The first-order valence-electron chi connectivity index (χ1n) is 8.42. The number of halogens is 1. The molecule has 2 aromatic carbocycles. The van der Waals surface area contributed by atoms with E-state index in [1.165, 1.54) is 25.1 Å². The Hall–Kier alpha value is -3.22. The lowest BCUT2D eigenvalue weighted by molar-refractivity contribution is -0.124. The van der Waals surface area contributed by atoms with Crippen molar-refractivity contribution in [2.45, 2.75) is 20.3 Å². The Morgan fingerprint density at radius 2 is 1.78 bits per heavy atom. The summed E-state index contributed by atoms with van der Waals surface area (Å²) in [4.78, 5) is 35.4. The molecule has 6 nitrogen and oxygen atoms in total. The van der Waals surface area contributed by atoms with E-state index in [2.05, 4.69) is 10.6 Å². The first kappa shape index (κ1) is 20.1. The van der Waals surface area contributed by atoms with Gasteiger partial charge in [-0.15, -0.1) is 0 Å². The van der Waals surface area contributed by atoms with Crippen molar-refractivity contribution in [3.63, 3.8) is 0 Å². The lowest BCUT2D eigenvalue weighted by Crippen LogP contribution is -2.30. The Labute approximate surface area is 156 Å². The Morgan fingerprint density at radius 3 is 2.44 bits per heavy atom. The van der Waals surface area contributed by atoms with Crippen LogP contribution in [0.25, 0.3) is 0 Å².